The topological polar surface area (TPSA) is 32.3 Å². The van der Waals surface area contributed by atoms with Crippen LogP contribution < -0.4 is 5.32 Å². The molecule has 1 aliphatic heterocycles. The highest BCUT2D eigenvalue weighted by Crippen LogP contribution is 2.38. The normalized spacial score (nSPS) is 35.0. The summed E-state index contributed by atoms with van der Waals surface area (Å²) in [6.07, 6.45) is 0.977. The molecule has 0 spiro atoms. The van der Waals surface area contributed by atoms with Gasteiger partial charge in [-0.25, -0.2) is 0 Å². The van der Waals surface area contributed by atoms with Crippen molar-refractivity contribution in [1.82, 2.24) is 5.32 Å². The molecule has 0 radical (unpaired) electrons. The minimum absolute atomic E-state index is 0.00926. The third-order valence-corrected chi connectivity index (χ3v) is 3.04. The van der Waals surface area contributed by atoms with Crippen LogP contribution in [0.1, 0.15) is 34.1 Å². The van der Waals surface area contributed by atoms with Crippen molar-refractivity contribution in [3.05, 3.63) is 0 Å². The summed E-state index contributed by atoms with van der Waals surface area (Å²) >= 11 is 4.10. The Hall–Kier alpha value is 0.270. The van der Waals surface area contributed by atoms with E-state index in [1.807, 2.05) is 0 Å². The third-order valence-electron chi connectivity index (χ3n) is 2.68. The largest absolute Gasteiger partial charge is 0.382 e. The predicted molar refractivity (Wildman–Crippen MR) is 54.4 cm³/mol. The molecule has 1 heterocycles. The first-order valence-corrected chi connectivity index (χ1v) is 4.92. The van der Waals surface area contributed by atoms with E-state index in [0.29, 0.717) is 0 Å². The van der Waals surface area contributed by atoms with Crippen LogP contribution in [0.15, 0.2) is 0 Å². The number of thiol groups is 1. The fourth-order valence-electron chi connectivity index (χ4n) is 2.30. The molecule has 0 amide bonds. The van der Waals surface area contributed by atoms with Gasteiger partial charge in [0.05, 0.1) is 0 Å². The Kier molecular flexibility index (Phi) is 2.50. The molecule has 2 nitrogen and oxygen atoms in total. The van der Waals surface area contributed by atoms with Crippen molar-refractivity contribution >= 4 is 12.6 Å². The number of nitrogens with one attached hydrogen (secondary N) is 1. The quantitative estimate of drug-likeness (QED) is 0.430. The van der Waals surface area contributed by atoms with Crippen molar-refractivity contribution in [3.63, 3.8) is 0 Å². The first-order valence-electron chi connectivity index (χ1n) is 4.40. The molecule has 0 saturated carbocycles. The summed E-state index contributed by atoms with van der Waals surface area (Å²) in [5, 5.41) is 12.9. The Labute approximate surface area is 80.2 Å². The molecule has 2 atom stereocenters. The van der Waals surface area contributed by atoms with E-state index in [0.717, 1.165) is 6.42 Å². The first kappa shape index (κ1) is 10.4. The van der Waals surface area contributed by atoms with E-state index in [9.17, 15) is 5.11 Å². The van der Waals surface area contributed by atoms with E-state index in [1.54, 1.807) is 0 Å². The molecule has 12 heavy (non-hydrogen) atoms. The van der Waals surface area contributed by atoms with Crippen LogP contribution in [0, 0.1) is 5.92 Å². The lowest BCUT2D eigenvalue weighted by Crippen LogP contribution is -2.46. The molecule has 72 valence electrons. The molecule has 0 bridgehead atoms. The second-order valence-electron chi connectivity index (χ2n) is 4.95. The van der Waals surface area contributed by atoms with Gasteiger partial charge in [0.25, 0.3) is 0 Å². The van der Waals surface area contributed by atoms with Gasteiger partial charge in [-0.2, -0.15) is 0 Å². The Morgan fingerprint density at radius 3 is 2.08 bits per heavy atom. The van der Waals surface area contributed by atoms with Gasteiger partial charge in [-0.1, -0.05) is 0 Å². The standard InChI is InChI=1S/C9H19NOS/c1-8(2)5-6(7(11)12)9(3,4)10-8/h6-7,10-12H,5H2,1-4H3. The van der Waals surface area contributed by atoms with Gasteiger partial charge in [-0.3, -0.25) is 0 Å². The van der Waals surface area contributed by atoms with Gasteiger partial charge in [0.2, 0.25) is 0 Å². The number of hydrogen-bond acceptors (Lipinski definition) is 3. The summed E-state index contributed by atoms with van der Waals surface area (Å²) in [7, 11) is 0. The summed E-state index contributed by atoms with van der Waals surface area (Å²) in [6.45, 7) is 8.55. The second-order valence-corrected chi connectivity index (χ2v) is 5.48. The molecule has 2 N–H and O–H groups in total. The molecule has 1 rings (SSSR count). The molecule has 0 aromatic carbocycles. The van der Waals surface area contributed by atoms with Crippen LogP contribution in [0.2, 0.25) is 0 Å². The maximum Gasteiger partial charge on any atom is 0.101 e. The average Bonchev–Trinajstić information content (AvgIpc) is 1.99. The summed E-state index contributed by atoms with van der Waals surface area (Å²) < 4.78 is 0. The third kappa shape index (κ3) is 1.95. The Morgan fingerprint density at radius 1 is 1.42 bits per heavy atom. The molecule has 2 unspecified atom stereocenters. The molecule has 3 heteroatoms. The van der Waals surface area contributed by atoms with E-state index in [4.69, 9.17) is 0 Å². The van der Waals surface area contributed by atoms with Crippen molar-refractivity contribution in [2.24, 2.45) is 5.92 Å². The summed E-state index contributed by atoms with van der Waals surface area (Å²) in [6, 6.07) is 0. The summed E-state index contributed by atoms with van der Waals surface area (Å²) in [4.78, 5) is 0. The van der Waals surface area contributed by atoms with Crippen molar-refractivity contribution < 1.29 is 5.11 Å². The zero-order valence-corrected chi connectivity index (χ0v) is 9.15. The van der Waals surface area contributed by atoms with Crippen LogP contribution >= 0.6 is 12.6 Å². The Balaban J connectivity index is 2.78. The molecule has 0 aliphatic carbocycles. The van der Waals surface area contributed by atoms with E-state index in [-0.39, 0.29) is 17.0 Å². The second kappa shape index (κ2) is 2.89. The highest BCUT2D eigenvalue weighted by molar-refractivity contribution is 7.80. The van der Waals surface area contributed by atoms with E-state index in [2.05, 4.69) is 45.6 Å². The van der Waals surface area contributed by atoms with E-state index >= 15 is 0 Å². The summed E-state index contributed by atoms with van der Waals surface area (Å²) in [5.41, 5.74) is -0.406. The van der Waals surface area contributed by atoms with Crippen LogP contribution in [0.4, 0.5) is 0 Å². The molecule has 0 aromatic heterocycles. The lowest BCUT2D eigenvalue weighted by atomic mass is 9.88. The predicted octanol–water partition coefficient (Wildman–Crippen LogP) is 1.40. The van der Waals surface area contributed by atoms with Gasteiger partial charge in [0.15, 0.2) is 0 Å². The maximum absolute atomic E-state index is 9.44. The first-order chi connectivity index (χ1) is 5.25. The maximum atomic E-state index is 9.44. The molecular weight excluding hydrogens is 170 g/mol. The highest BCUT2D eigenvalue weighted by Gasteiger charge is 2.46. The number of aliphatic hydroxyl groups is 1. The fourth-order valence-corrected chi connectivity index (χ4v) is 2.78. The van der Waals surface area contributed by atoms with E-state index in [1.165, 1.54) is 0 Å². The van der Waals surface area contributed by atoms with Crippen molar-refractivity contribution in [1.29, 1.82) is 0 Å². The van der Waals surface area contributed by atoms with Crippen molar-refractivity contribution in [2.75, 3.05) is 0 Å². The zero-order chi connectivity index (χ0) is 9.57. The average molecular weight is 189 g/mol. The monoisotopic (exact) mass is 189 g/mol. The van der Waals surface area contributed by atoms with E-state index < -0.39 is 5.44 Å². The van der Waals surface area contributed by atoms with Crippen molar-refractivity contribution in [2.45, 2.75) is 50.6 Å². The molecule has 1 aliphatic rings. The number of hydrogen-bond donors (Lipinski definition) is 3. The summed E-state index contributed by atoms with van der Waals surface area (Å²) in [5.74, 6) is 0.232. The molecule has 0 aromatic rings. The minimum atomic E-state index is -0.519. The van der Waals surface area contributed by atoms with Gasteiger partial charge < -0.3 is 10.4 Å². The highest BCUT2D eigenvalue weighted by atomic mass is 32.1. The van der Waals surface area contributed by atoms with Crippen LogP contribution in [0.3, 0.4) is 0 Å². The number of aliphatic hydroxyl groups excluding tert-OH is 1. The molecular formula is C9H19NOS. The smallest absolute Gasteiger partial charge is 0.101 e. The Bertz CT molecular complexity index is 177. The lowest BCUT2D eigenvalue weighted by molar-refractivity contribution is 0.153. The van der Waals surface area contributed by atoms with Gasteiger partial charge >= 0.3 is 0 Å². The SMILES string of the molecule is CC1(C)CC(C(O)S)C(C)(C)N1. The molecule has 1 fully saturated rings. The number of rotatable bonds is 1. The van der Waals surface area contributed by atoms with Crippen LogP contribution in [0.5, 0.6) is 0 Å². The van der Waals surface area contributed by atoms with Gasteiger partial charge in [0.1, 0.15) is 5.44 Å². The van der Waals surface area contributed by atoms with Gasteiger partial charge in [-0.15, -0.1) is 12.6 Å². The van der Waals surface area contributed by atoms with Gasteiger partial charge in [-0.05, 0) is 34.1 Å². The molecule has 1 saturated heterocycles. The fraction of sp³-hybridized carbons (Fsp3) is 1.00. The van der Waals surface area contributed by atoms with Crippen molar-refractivity contribution in [3.8, 4) is 0 Å². The minimum Gasteiger partial charge on any atom is -0.382 e. The Morgan fingerprint density at radius 2 is 1.92 bits per heavy atom. The zero-order valence-electron chi connectivity index (χ0n) is 8.26. The lowest BCUT2D eigenvalue weighted by Gasteiger charge is -2.29. The van der Waals surface area contributed by atoms with Gasteiger partial charge in [0, 0.05) is 17.0 Å². The van der Waals surface area contributed by atoms with Crippen LogP contribution in [-0.4, -0.2) is 21.6 Å². The van der Waals surface area contributed by atoms with Crippen LogP contribution in [-0.2, 0) is 0 Å². The van der Waals surface area contributed by atoms with Crippen LogP contribution in [0.25, 0.3) is 0 Å².